The van der Waals surface area contributed by atoms with Crippen molar-refractivity contribution < 1.29 is 27.9 Å². The summed E-state index contributed by atoms with van der Waals surface area (Å²) in [4.78, 5) is 27.6. The van der Waals surface area contributed by atoms with Crippen LogP contribution in [0.2, 0.25) is 0 Å². The van der Waals surface area contributed by atoms with Crippen LogP contribution in [0.1, 0.15) is 24.2 Å². The van der Waals surface area contributed by atoms with Gasteiger partial charge in [-0.2, -0.15) is 4.98 Å². The number of carbonyl (C=O) groups is 2. The Labute approximate surface area is 187 Å². The molecule has 0 bridgehead atoms. The molecule has 33 heavy (non-hydrogen) atoms. The molecule has 0 atom stereocenters. The van der Waals surface area contributed by atoms with E-state index in [0.717, 1.165) is 0 Å². The number of benzene rings is 3. The predicted molar refractivity (Wildman–Crippen MR) is 118 cm³/mol. The largest absolute Gasteiger partial charge is 0.480 e. The number of aliphatic carboxylic acids is 1. The van der Waals surface area contributed by atoms with Gasteiger partial charge in [-0.05, 0) is 61.4 Å². The van der Waals surface area contributed by atoms with Gasteiger partial charge in [0.25, 0.3) is 11.9 Å². The predicted octanol–water partition coefficient (Wildman–Crippen LogP) is 5.11. The number of rotatable bonds is 6. The molecule has 1 heterocycles. The Morgan fingerprint density at radius 3 is 2.33 bits per heavy atom. The third-order valence-corrected chi connectivity index (χ3v) is 5.00. The molecule has 4 aromatic rings. The summed E-state index contributed by atoms with van der Waals surface area (Å²) in [6.07, 6.45) is 0. The third-order valence-electron chi connectivity index (χ3n) is 5.00. The Hall–Kier alpha value is -4.27. The van der Waals surface area contributed by atoms with Crippen molar-refractivity contribution in [3.63, 3.8) is 0 Å². The number of amides is 1. The summed E-state index contributed by atoms with van der Waals surface area (Å²) < 4.78 is 33.4. The quantitative estimate of drug-likeness (QED) is 0.376. The van der Waals surface area contributed by atoms with Gasteiger partial charge in [0.1, 0.15) is 22.7 Å². The number of carbonyl (C=O) groups excluding carboxylic acids is 1. The number of carboxylic acid groups (broad SMARTS) is 1. The van der Waals surface area contributed by atoms with Crippen LogP contribution in [0.3, 0.4) is 0 Å². The fraction of sp³-hybridized carbons (Fsp3) is 0.125. The number of anilines is 2. The minimum Gasteiger partial charge on any atom is -0.480 e. The van der Waals surface area contributed by atoms with E-state index in [0.29, 0.717) is 16.6 Å². The Kier molecular flexibility index (Phi) is 5.55. The number of halogens is 2. The molecule has 7 nitrogen and oxygen atoms in total. The number of nitrogens with zero attached hydrogens (tertiary/aromatic N) is 1. The van der Waals surface area contributed by atoms with Crippen LogP contribution in [-0.4, -0.2) is 27.5 Å². The number of hydrogen-bond acceptors (Lipinski definition) is 5. The van der Waals surface area contributed by atoms with Crippen molar-refractivity contribution in [2.75, 3.05) is 5.32 Å². The van der Waals surface area contributed by atoms with Gasteiger partial charge in [-0.25, -0.2) is 13.6 Å². The molecule has 1 aromatic heterocycles. The highest BCUT2D eigenvalue weighted by molar-refractivity contribution is 5.98. The van der Waals surface area contributed by atoms with E-state index >= 15 is 0 Å². The second kappa shape index (κ2) is 8.34. The van der Waals surface area contributed by atoms with Crippen LogP contribution in [0.25, 0.3) is 22.2 Å². The first-order valence-electron chi connectivity index (χ1n) is 9.91. The standard InChI is InChI=1S/C24H19F2N3O4/c1-24(2,22(31)32)29-21(30)14-5-3-13(4-6-14)15-7-9-18(17(26)11-15)27-23-28-19-10-8-16(25)12-20(19)33-23/h3-12H,1-2H3,(H,27,28)(H,29,30)(H,31,32). The van der Waals surface area contributed by atoms with Gasteiger partial charge in [-0.1, -0.05) is 18.2 Å². The maximum absolute atomic E-state index is 14.7. The monoisotopic (exact) mass is 451 g/mol. The Morgan fingerprint density at radius 1 is 0.970 bits per heavy atom. The summed E-state index contributed by atoms with van der Waals surface area (Å²) in [6, 6.07) is 14.8. The van der Waals surface area contributed by atoms with Gasteiger partial charge in [0.05, 0.1) is 5.69 Å². The van der Waals surface area contributed by atoms with Crippen molar-refractivity contribution in [2.45, 2.75) is 19.4 Å². The second-order valence-corrected chi connectivity index (χ2v) is 7.91. The molecule has 0 aliphatic rings. The summed E-state index contributed by atoms with van der Waals surface area (Å²) in [6.45, 7) is 2.78. The minimum atomic E-state index is -1.41. The van der Waals surface area contributed by atoms with Gasteiger partial charge in [0.15, 0.2) is 5.58 Å². The number of carboxylic acids is 1. The zero-order valence-electron chi connectivity index (χ0n) is 17.6. The molecule has 0 spiro atoms. The summed E-state index contributed by atoms with van der Waals surface area (Å²) in [5.41, 5.74) is 0.890. The van der Waals surface area contributed by atoms with Crippen molar-refractivity contribution in [3.8, 4) is 11.1 Å². The Balaban J connectivity index is 1.50. The van der Waals surface area contributed by atoms with Crippen LogP contribution < -0.4 is 10.6 Å². The Bertz CT molecular complexity index is 1360. The van der Waals surface area contributed by atoms with Crippen LogP contribution in [0.4, 0.5) is 20.5 Å². The van der Waals surface area contributed by atoms with Gasteiger partial charge in [-0.15, -0.1) is 0 Å². The van der Waals surface area contributed by atoms with Gasteiger partial charge >= 0.3 is 5.97 Å². The van der Waals surface area contributed by atoms with E-state index in [9.17, 15) is 18.4 Å². The molecule has 3 N–H and O–H groups in total. The van der Waals surface area contributed by atoms with Crippen molar-refractivity contribution in [3.05, 3.63) is 77.9 Å². The molecular formula is C24H19F2N3O4. The van der Waals surface area contributed by atoms with Crippen molar-refractivity contribution in [1.29, 1.82) is 0 Å². The summed E-state index contributed by atoms with van der Waals surface area (Å²) >= 11 is 0. The topological polar surface area (TPSA) is 104 Å². The number of aromatic nitrogens is 1. The van der Waals surface area contributed by atoms with E-state index in [4.69, 9.17) is 9.52 Å². The van der Waals surface area contributed by atoms with Crippen molar-refractivity contribution in [2.24, 2.45) is 0 Å². The number of hydrogen-bond donors (Lipinski definition) is 3. The van der Waals surface area contributed by atoms with Gasteiger partial charge in [-0.3, -0.25) is 4.79 Å². The SMILES string of the molecule is CC(C)(NC(=O)c1ccc(-c2ccc(Nc3nc4ccc(F)cc4o3)c(F)c2)cc1)C(=O)O. The molecule has 168 valence electrons. The molecule has 1 amide bonds. The van der Waals surface area contributed by atoms with Gasteiger partial charge in [0.2, 0.25) is 0 Å². The minimum absolute atomic E-state index is 0.0295. The lowest BCUT2D eigenvalue weighted by molar-refractivity contribution is -0.143. The fourth-order valence-corrected chi connectivity index (χ4v) is 3.09. The van der Waals surface area contributed by atoms with Crippen LogP contribution >= 0.6 is 0 Å². The van der Waals surface area contributed by atoms with E-state index in [-0.39, 0.29) is 22.8 Å². The van der Waals surface area contributed by atoms with Crippen LogP contribution in [0, 0.1) is 11.6 Å². The normalized spacial score (nSPS) is 11.4. The fourth-order valence-electron chi connectivity index (χ4n) is 3.09. The summed E-state index contributed by atoms with van der Waals surface area (Å²) in [5, 5.41) is 14.3. The lowest BCUT2D eigenvalue weighted by atomic mass is 10.0. The number of fused-ring (bicyclic) bond motifs is 1. The lowest BCUT2D eigenvalue weighted by Gasteiger charge is -2.21. The van der Waals surface area contributed by atoms with Gasteiger partial charge in [0, 0.05) is 11.6 Å². The second-order valence-electron chi connectivity index (χ2n) is 7.91. The van der Waals surface area contributed by atoms with Crippen molar-refractivity contribution >= 4 is 34.7 Å². The maximum Gasteiger partial charge on any atom is 0.328 e. The number of nitrogens with one attached hydrogen (secondary N) is 2. The molecule has 4 rings (SSSR count). The molecular weight excluding hydrogens is 432 g/mol. The van der Waals surface area contributed by atoms with E-state index in [1.54, 1.807) is 18.2 Å². The molecule has 3 aromatic carbocycles. The first-order chi connectivity index (χ1) is 15.6. The molecule has 9 heteroatoms. The summed E-state index contributed by atoms with van der Waals surface area (Å²) in [5.74, 6) is -2.71. The molecule has 0 fully saturated rings. The first-order valence-corrected chi connectivity index (χ1v) is 9.91. The van der Waals surface area contributed by atoms with Crippen LogP contribution in [-0.2, 0) is 4.79 Å². The molecule has 0 radical (unpaired) electrons. The average Bonchev–Trinajstić information content (AvgIpc) is 3.16. The maximum atomic E-state index is 14.7. The molecule has 0 aliphatic heterocycles. The van der Waals surface area contributed by atoms with E-state index in [1.807, 2.05) is 0 Å². The van der Waals surface area contributed by atoms with E-state index in [1.165, 1.54) is 56.3 Å². The van der Waals surface area contributed by atoms with Crippen LogP contribution in [0.5, 0.6) is 0 Å². The zero-order chi connectivity index (χ0) is 23.8. The highest BCUT2D eigenvalue weighted by Crippen LogP contribution is 2.28. The smallest absolute Gasteiger partial charge is 0.328 e. The molecule has 0 aliphatic carbocycles. The molecule has 0 unspecified atom stereocenters. The third kappa shape index (κ3) is 4.67. The van der Waals surface area contributed by atoms with E-state index < -0.39 is 29.0 Å². The first kappa shape index (κ1) is 21.9. The molecule has 0 saturated carbocycles. The highest BCUT2D eigenvalue weighted by Gasteiger charge is 2.29. The average molecular weight is 451 g/mol. The van der Waals surface area contributed by atoms with E-state index in [2.05, 4.69) is 15.6 Å². The number of oxazole rings is 1. The van der Waals surface area contributed by atoms with Crippen molar-refractivity contribution in [1.82, 2.24) is 10.3 Å². The van der Waals surface area contributed by atoms with Gasteiger partial charge < -0.3 is 20.2 Å². The highest BCUT2D eigenvalue weighted by atomic mass is 19.1. The lowest BCUT2D eigenvalue weighted by Crippen LogP contribution is -2.49. The molecule has 0 saturated heterocycles. The zero-order valence-corrected chi connectivity index (χ0v) is 17.6. The van der Waals surface area contributed by atoms with Crippen LogP contribution in [0.15, 0.2) is 65.1 Å². The Morgan fingerprint density at radius 2 is 1.67 bits per heavy atom. The summed E-state index contributed by atoms with van der Waals surface area (Å²) in [7, 11) is 0.